The van der Waals surface area contributed by atoms with Gasteiger partial charge in [0.2, 0.25) is 5.78 Å². The van der Waals surface area contributed by atoms with Crippen molar-refractivity contribution in [2.24, 2.45) is 0 Å². The van der Waals surface area contributed by atoms with Gasteiger partial charge in [-0.2, -0.15) is 0 Å². The molecule has 0 saturated heterocycles. The first-order chi connectivity index (χ1) is 9.13. The highest BCUT2D eigenvalue weighted by molar-refractivity contribution is 9.10. The average Bonchev–Trinajstić information content (AvgIpc) is 2.70. The maximum Gasteiger partial charge on any atom is 0.232 e. The van der Waals surface area contributed by atoms with Crippen molar-refractivity contribution in [3.8, 4) is 5.75 Å². The summed E-state index contributed by atoms with van der Waals surface area (Å²) in [6.07, 6.45) is 1.77. The molecule has 0 radical (unpaired) electrons. The Hall–Kier alpha value is -1.87. The van der Waals surface area contributed by atoms with Crippen molar-refractivity contribution in [1.29, 1.82) is 0 Å². The minimum absolute atomic E-state index is 0.0723. The molecule has 2 aromatic rings. The summed E-state index contributed by atoms with van der Waals surface area (Å²) >= 11 is 3.36. The summed E-state index contributed by atoms with van der Waals surface area (Å²) in [5.74, 6) is 0.917. The molecule has 0 spiro atoms. The monoisotopic (exact) mass is 314 g/mol. The SMILES string of the molecule is Cc1ccc(C=C2Oc3ccc(Br)cc3C2=O)cc1. The number of hydrogen-bond donors (Lipinski definition) is 0. The molecule has 1 aliphatic rings. The van der Waals surface area contributed by atoms with Gasteiger partial charge in [0.15, 0.2) is 5.76 Å². The number of hydrogen-bond acceptors (Lipinski definition) is 2. The van der Waals surface area contributed by atoms with Crippen LogP contribution in [-0.2, 0) is 0 Å². The van der Waals surface area contributed by atoms with Crippen molar-refractivity contribution in [2.75, 3.05) is 0 Å². The van der Waals surface area contributed by atoms with Crippen molar-refractivity contribution in [3.05, 3.63) is 69.4 Å². The minimum Gasteiger partial charge on any atom is -0.452 e. The van der Waals surface area contributed by atoms with Crippen LogP contribution in [0.25, 0.3) is 6.08 Å². The van der Waals surface area contributed by atoms with Crippen LogP contribution in [0.1, 0.15) is 21.5 Å². The zero-order valence-corrected chi connectivity index (χ0v) is 11.9. The van der Waals surface area contributed by atoms with E-state index in [2.05, 4.69) is 15.9 Å². The van der Waals surface area contributed by atoms with Gasteiger partial charge in [-0.05, 0) is 36.8 Å². The highest BCUT2D eigenvalue weighted by Gasteiger charge is 2.27. The largest absolute Gasteiger partial charge is 0.452 e. The lowest BCUT2D eigenvalue weighted by Gasteiger charge is -1.99. The Morgan fingerprint density at radius 1 is 1.11 bits per heavy atom. The standard InChI is InChI=1S/C16H11BrO2/c1-10-2-4-11(5-3-10)8-15-16(18)13-9-12(17)6-7-14(13)19-15/h2-9H,1H3. The maximum absolute atomic E-state index is 12.2. The average molecular weight is 315 g/mol. The second-order valence-corrected chi connectivity index (χ2v) is 5.41. The van der Waals surface area contributed by atoms with Gasteiger partial charge < -0.3 is 4.74 Å². The predicted molar refractivity (Wildman–Crippen MR) is 78.3 cm³/mol. The van der Waals surface area contributed by atoms with Crippen LogP contribution in [0.15, 0.2) is 52.7 Å². The van der Waals surface area contributed by atoms with E-state index in [-0.39, 0.29) is 5.78 Å². The normalized spacial score (nSPS) is 15.5. The first-order valence-corrected chi connectivity index (χ1v) is 6.73. The van der Waals surface area contributed by atoms with Crippen molar-refractivity contribution < 1.29 is 9.53 Å². The molecule has 0 N–H and O–H groups in total. The molecule has 0 aliphatic carbocycles. The Labute approximate surface area is 119 Å². The van der Waals surface area contributed by atoms with E-state index in [0.717, 1.165) is 10.0 Å². The number of rotatable bonds is 1. The van der Waals surface area contributed by atoms with Crippen LogP contribution in [0.2, 0.25) is 0 Å². The molecule has 0 atom stereocenters. The van der Waals surface area contributed by atoms with E-state index in [4.69, 9.17) is 4.74 Å². The number of Topliss-reactive ketones (excluding diaryl/α,β-unsaturated/α-hetero) is 1. The van der Waals surface area contributed by atoms with Gasteiger partial charge >= 0.3 is 0 Å². The van der Waals surface area contributed by atoms with Crippen molar-refractivity contribution in [2.45, 2.75) is 6.92 Å². The quantitative estimate of drug-likeness (QED) is 0.730. The Bertz CT molecular complexity index is 684. The second kappa shape index (κ2) is 4.67. The highest BCUT2D eigenvalue weighted by Crippen LogP contribution is 2.33. The molecule has 2 nitrogen and oxygen atoms in total. The molecule has 3 heteroatoms. The van der Waals surface area contributed by atoms with Gasteiger partial charge in [0.1, 0.15) is 5.75 Å². The molecule has 0 fully saturated rings. The summed E-state index contributed by atoms with van der Waals surface area (Å²) in [6.45, 7) is 2.03. The van der Waals surface area contributed by atoms with Gasteiger partial charge in [-0.15, -0.1) is 0 Å². The van der Waals surface area contributed by atoms with Gasteiger partial charge in [0.25, 0.3) is 0 Å². The first-order valence-electron chi connectivity index (χ1n) is 5.94. The Morgan fingerprint density at radius 2 is 1.84 bits per heavy atom. The lowest BCUT2D eigenvalue weighted by Crippen LogP contribution is -1.98. The molecule has 0 saturated carbocycles. The predicted octanol–water partition coefficient (Wildman–Crippen LogP) is 4.37. The number of carbonyl (C=O) groups excluding carboxylic acids is 1. The summed E-state index contributed by atoms with van der Waals surface area (Å²) in [5, 5.41) is 0. The molecule has 94 valence electrons. The second-order valence-electron chi connectivity index (χ2n) is 4.49. The number of fused-ring (bicyclic) bond motifs is 1. The number of benzene rings is 2. The van der Waals surface area contributed by atoms with Gasteiger partial charge in [0.05, 0.1) is 5.56 Å². The molecule has 1 aliphatic heterocycles. The summed E-state index contributed by atoms with van der Waals surface area (Å²) < 4.78 is 6.47. The molecule has 0 bridgehead atoms. The van der Waals surface area contributed by atoms with Crippen LogP contribution in [0, 0.1) is 6.92 Å². The van der Waals surface area contributed by atoms with E-state index < -0.39 is 0 Å². The molecule has 0 unspecified atom stereocenters. The van der Waals surface area contributed by atoms with E-state index in [1.807, 2.05) is 37.3 Å². The van der Waals surface area contributed by atoms with Gasteiger partial charge in [-0.25, -0.2) is 0 Å². The third kappa shape index (κ3) is 2.34. The number of halogens is 1. The first kappa shape index (κ1) is 12.2. The number of ketones is 1. The van der Waals surface area contributed by atoms with Gasteiger partial charge in [-0.1, -0.05) is 45.8 Å². The van der Waals surface area contributed by atoms with Gasteiger partial charge in [-0.3, -0.25) is 4.79 Å². The van der Waals surface area contributed by atoms with Crippen LogP contribution in [-0.4, -0.2) is 5.78 Å². The minimum atomic E-state index is -0.0723. The smallest absolute Gasteiger partial charge is 0.232 e. The topological polar surface area (TPSA) is 26.3 Å². The fourth-order valence-electron chi connectivity index (χ4n) is 1.98. The van der Waals surface area contributed by atoms with E-state index in [0.29, 0.717) is 17.1 Å². The van der Waals surface area contributed by atoms with E-state index in [1.165, 1.54) is 5.56 Å². The van der Waals surface area contributed by atoms with Crippen molar-refractivity contribution in [1.82, 2.24) is 0 Å². The molecule has 0 amide bonds. The third-order valence-corrected chi connectivity index (χ3v) is 3.50. The van der Waals surface area contributed by atoms with E-state index >= 15 is 0 Å². The van der Waals surface area contributed by atoms with E-state index in [1.54, 1.807) is 18.2 Å². The fraction of sp³-hybridized carbons (Fsp3) is 0.0625. The van der Waals surface area contributed by atoms with Crippen LogP contribution < -0.4 is 4.74 Å². The fourth-order valence-corrected chi connectivity index (χ4v) is 2.34. The number of allylic oxidation sites excluding steroid dienone is 1. The Morgan fingerprint density at radius 3 is 2.58 bits per heavy atom. The summed E-state index contributed by atoms with van der Waals surface area (Å²) in [7, 11) is 0. The number of ether oxygens (including phenoxy) is 1. The summed E-state index contributed by atoms with van der Waals surface area (Å²) in [4.78, 5) is 12.2. The Kier molecular flexibility index (Phi) is 2.99. The molecular weight excluding hydrogens is 304 g/mol. The molecular formula is C16H11BrO2. The lowest BCUT2D eigenvalue weighted by molar-refractivity contribution is 0.101. The molecule has 0 aromatic heterocycles. The van der Waals surface area contributed by atoms with Crippen LogP contribution >= 0.6 is 15.9 Å². The van der Waals surface area contributed by atoms with Crippen LogP contribution in [0.3, 0.4) is 0 Å². The van der Waals surface area contributed by atoms with Crippen molar-refractivity contribution in [3.63, 3.8) is 0 Å². The van der Waals surface area contributed by atoms with Crippen molar-refractivity contribution >= 4 is 27.8 Å². The maximum atomic E-state index is 12.2. The van der Waals surface area contributed by atoms with Gasteiger partial charge in [0, 0.05) is 4.47 Å². The zero-order chi connectivity index (χ0) is 13.4. The zero-order valence-electron chi connectivity index (χ0n) is 10.3. The molecule has 1 heterocycles. The number of carbonyl (C=O) groups is 1. The molecule has 3 rings (SSSR count). The van der Waals surface area contributed by atoms with Crippen LogP contribution in [0.5, 0.6) is 5.75 Å². The lowest BCUT2D eigenvalue weighted by atomic mass is 10.1. The van der Waals surface area contributed by atoms with E-state index in [9.17, 15) is 4.79 Å². The van der Waals surface area contributed by atoms with Crippen LogP contribution in [0.4, 0.5) is 0 Å². The third-order valence-electron chi connectivity index (χ3n) is 3.01. The molecule has 2 aromatic carbocycles. The molecule has 19 heavy (non-hydrogen) atoms. The number of aryl methyl sites for hydroxylation is 1. The Balaban J connectivity index is 1.97. The highest BCUT2D eigenvalue weighted by atomic mass is 79.9. The summed E-state index contributed by atoms with van der Waals surface area (Å²) in [6, 6.07) is 13.4. The summed E-state index contributed by atoms with van der Waals surface area (Å²) in [5.41, 5.74) is 2.75.